The van der Waals surface area contributed by atoms with Gasteiger partial charge in [-0.15, -0.1) is 0 Å². The van der Waals surface area contributed by atoms with Crippen LogP contribution in [0, 0.1) is 5.82 Å². The van der Waals surface area contributed by atoms with Crippen molar-refractivity contribution in [2.75, 3.05) is 43.6 Å². The summed E-state index contributed by atoms with van der Waals surface area (Å²) < 4.78 is 31.2. The van der Waals surface area contributed by atoms with Crippen molar-refractivity contribution in [2.24, 2.45) is 0 Å². The second kappa shape index (κ2) is 10.6. The molecule has 0 radical (unpaired) electrons. The third-order valence-corrected chi connectivity index (χ3v) is 5.54. The maximum absolute atomic E-state index is 14.6. The van der Waals surface area contributed by atoms with Crippen LogP contribution in [0.5, 0.6) is 11.5 Å². The second-order valence-corrected chi connectivity index (χ2v) is 7.94. The van der Waals surface area contributed by atoms with E-state index in [9.17, 15) is 9.18 Å². The Kier molecular flexibility index (Phi) is 7.32. The van der Waals surface area contributed by atoms with Crippen molar-refractivity contribution in [1.82, 2.24) is 0 Å². The zero-order valence-corrected chi connectivity index (χ0v) is 18.9. The lowest BCUT2D eigenvalue weighted by Gasteiger charge is -2.29. The molecule has 8 heteroatoms. The van der Waals surface area contributed by atoms with Gasteiger partial charge < -0.3 is 24.4 Å². The van der Waals surface area contributed by atoms with Gasteiger partial charge in [0.05, 0.1) is 26.0 Å². The summed E-state index contributed by atoms with van der Waals surface area (Å²) in [6.07, 6.45) is 0. The molecule has 0 aromatic heterocycles. The molecule has 1 amide bonds. The maximum Gasteiger partial charge on any atom is 0.255 e. The second-order valence-electron chi connectivity index (χ2n) is 7.50. The van der Waals surface area contributed by atoms with Crippen LogP contribution in [0.1, 0.15) is 15.9 Å². The van der Waals surface area contributed by atoms with Crippen LogP contribution >= 0.6 is 11.6 Å². The maximum atomic E-state index is 14.6. The number of hydrogen-bond acceptors (Lipinski definition) is 5. The van der Waals surface area contributed by atoms with Crippen LogP contribution in [0.2, 0.25) is 5.02 Å². The molecule has 3 aromatic rings. The van der Waals surface area contributed by atoms with Crippen molar-refractivity contribution in [2.45, 2.75) is 6.61 Å². The summed E-state index contributed by atoms with van der Waals surface area (Å²) in [6.45, 7) is 2.73. The Morgan fingerprint density at radius 2 is 1.82 bits per heavy atom. The molecular weight excluding hydrogens is 447 g/mol. The summed E-state index contributed by atoms with van der Waals surface area (Å²) in [5.74, 6) is 0.157. The van der Waals surface area contributed by atoms with Crippen molar-refractivity contribution < 1.29 is 23.4 Å². The van der Waals surface area contributed by atoms with Crippen LogP contribution in [-0.2, 0) is 11.3 Å². The first-order valence-electron chi connectivity index (χ1n) is 10.5. The molecule has 1 aliphatic heterocycles. The van der Waals surface area contributed by atoms with Crippen LogP contribution < -0.4 is 19.7 Å². The van der Waals surface area contributed by atoms with E-state index in [1.54, 1.807) is 42.5 Å². The van der Waals surface area contributed by atoms with Crippen molar-refractivity contribution >= 4 is 28.9 Å². The molecule has 6 nitrogen and oxygen atoms in total. The van der Waals surface area contributed by atoms with Crippen LogP contribution in [0.25, 0.3) is 0 Å². The summed E-state index contributed by atoms with van der Waals surface area (Å²) in [5.41, 5.74) is 2.19. The highest BCUT2D eigenvalue weighted by molar-refractivity contribution is 6.30. The first-order chi connectivity index (χ1) is 16.0. The number of benzene rings is 3. The molecule has 33 heavy (non-hydrogen) atoms. The molecule has 0 unspecified atom stereocenters. The van der Waals surface area contributed by atoms with E-state index in [0.717, 1.165) is 5.56 Å². The first kappa shape index (κ1) is 22.9. The minimum atomic E-state index is -0.391. The third-order valence-electron chi connectivity index (χ3n) is 5.29. The lowest BCUT2D eigenvalue weighted by Crippen LogP contribution is -2.36. The van der Waals surface area contributed by atoms with E-state index in [1.807, 2.05) is 17.0 Å². The Labute approximate surface area is 196 Å². The van der Waals surface area contributed by atoms with Crippen molar-refractivity contribution in [3.8, 4) is 11.5 Å². The standard InChI is InChI=1S/C25H24ClFN2O4/c1-31-24-14-18(4-9-23(24)33-16-17-2-5-19(26)6-3-17)25(30)28-20-7-8-22(21(27)15-20)29-10-12-32-13-11-29/h2-9,14-15H,10-13,16H2,1H3,(H,28,30). The van der Waals surface area contributed by atoms with Crippen LogP contribution in [0.4, 0.5) is 15.8 Å². The molecule has 0 atom stereocenters. The normalized spacial score (nSPS) is 13.5. The van der Waals surface area contributed by atoms with Gasteiger partial charge in [-0.25, -0.2) is 4.39 Å². The summed E-state index contributed by atoms with van der Waals surface area (Å²) in [5, 5.41) is 3.39. The minimum absolute atomic E-state index is 0.327. The molecule has 0 bridgehead atoms. The summed E-state index contributed by atoms with van der Waals surface area (Å²) >= 11 is 5.91. The van der Waals surface area contributed by atoms with Gasteiger partial charge in [-0.3, -0.25) is 4.79 Å². The highest BCUT2D eigenvalue weighted by Crippen LogP contribution is 2.30. The molecule has 1 fully saturated rings. The predicted octanol–water partition coefficient (Wildman–Crippen LogP) is 5.16. The quantitative estimate of drug-likeness (QED) is 0.517. The zero-order chi connectivity index (χ0) is 23.2. The average molecular weight is 471 g/mol. The van der Waals surface area contributed by atoms with Gasteiger partial charge in [0, 0.05) is 29.4 Å². The van der Waals surface area contributed by atoms with Gasteiger partial charge in [-0.05, 0) is 54.1 Å². The zero-order valence-electron chi connectivity index (χ0n) is 18.1. The SMILES string of the molecule is COc1cc(C(=O)Nc2ccc(N3CCOCC3)c(F)c2)ccc1OCc1ccc(Cl)cc1. The molecule has 1 aliphatic rings. The summed E-state index contributed by atoms with van der Waals surface area (Å²) in [4.78, 5) is 14.7. The van der Waals surface area contributed by atoms with Crippen molar-refractivity contribution in [3.63, 3.8) is 0 Å². The Morgan fingerprint density at radius 3 is 2.52 bits per heavy atom. The number of nitrogens with zero attached hydrogens (tertiary/aromatic N) is 1. The molecule has 4 rings (SSSR count). The Balaban J connectivity index is 1.42. The molecule has 1 heterocycles. The Morgan fingerprint density at radius 1 is 1.06 bits per heavy atom. The summed E-state index contributed by atoms with van der Waals surface area (Å²) in [7, 11) is 1.51. The van der Waals surface area contributed by atoms with E-state index < -0.39 is 5.82 Å². The monoisotopic (exact) mass is 470 g/mol. The van der Waals surface area contributed by atoms with E-state index >= 15 is 0 Å². The first-order valence-corrected chi connectivity index (χ1v) is 10.9. The number of carbonyl (C=O) groups is 1. The fraction of sp³-hybridized carbons (Fsp3) is 0.240. The number of nitrogens with one attached hydrogen (secondary N) is 1. The van der Waals surface area contributed by atoms with E-state index in [2.05, 4.69) is 5.32 Å². The molecule has 172 valence electrons. The largest absolute Gasteiger partial charge is 0.493 e. The van der Waals surface area contributed by atoms with E-state index in [0.29, 0.717) is 66.4 Å². The number of hydrogen-bond donors (Lipinski definition) is 1. The van der Waals surface area contributed by atoms with E-state index in [4.69, 9.17) is 25.8 Å². The number of morpholine rings is 1. The molecule has 3 aromatic carbocycles. The number of methoxy groups -OCH3 is 1. The van der Waals surface area contributed by atoms with Gasteiger partial charge in [0.25, 0.3) is 5.91 Å². The number of amides is 1. The fourth-order valence-corrected chi connectivity index (χ4v) is 3.64. The molecular formula is C25H24ClFN2O4. The van der Waals surface area contributed by atoms with Gasteiger partial charge in [0.2, 0.25) is 0 Å². The number of halogens is 2. The van der Waals surface area contributed by atoms with Crippen LogP contribution in [0.15, 0.2) is 60.7 Å². The smallest absolute Gasteiger partial charge is 0.255 e. The van der Waals surface area contributed by atoms with Gasteiger partial charge in [-0.1, -0.05) is 23.7 Å². The van der Waals surface area contributed by atoms with E-state index in [1.165, 1.54) is 13.2 Å². The van der Waals surface area contributed by atoms with Crippen molar-refractivity contribution in [3.05, 3.63) is 82.6 Å². The lowest BCUT2D eigenvalue weighted by molar-refractivity contribution is 0.102. The number of rotatable bonds is 7. The molecule has 0 aliphatic carbocycles. The topological polar surface area (TPSA) is 60.0 Å². The number of anilines is 2. The van der Waals surface area contributed by atoms with Gasteiger partial charge >= 0.3 is 0 Å². The fourth-order valence-electron chi connectivity index (χ4n) is 3.52. The molecule has 1 N–H and O–H groups in total. The highest BCUT2D eigenvalue weighted by atomic mass is 35.5. The molecule has 0 saturated carbocycles. The molecule has 1 saturated heterocycles. The minimum Gasteiger partial charge on any atom is -0.493 e. The highest BCUT2D eigenvalue weighted by Gasteiger charge is 2.17. The van der Waals surface area contributed by atoms with Crippen LogP contribution in [-0.4, -0.2) is 39.3 Å². The van der Waals surface area contributed by atoms with Gasteiger partial charge in [-0.2, -0.15) is 0 Å². The number of ether oxygens (including phenoxy) is 3. The average Bonchev–Trinajstić information content (AvgIpc) is 2.84. The third kappa shape index (κ3) is 5.74. The van der Waals surface area contributed by atoms with Gasteiger partial charge in [0.15, 0.2) is 11.5 Å². The van der Waals surface area contributed by atoms with E-state index in [-0.39, 0.29) is 5.91 Å². The van der Waals surface area contributed by atoms with Crippen LogP contribution in [0.3, 0.4) is 0 Å². The summed E-state index contributed by atoms with van der Waals surface area (Å²) in [6, 6.07) is 16.9. The number of carbonyl (C=O) groups excluding carboxylic acids is 1. The lowest BCUT2D eigenvalue weighted by atomic mass is 10.1. The Bertz CT molecular complexity index is 1120. The predicted molar refractivity (Wildman–Crippen MR) is 126 cm³/mol. The van der Waals surface area contributed by atoms with Gasteiger partial charge in [0.1, 0.15) is 12.4 Å². The Hall–Kier alpha value is -3.29. The molecule has 0 spiro atoms. The van der Waals surface area contributed by atoms with Crippen molar-refractivity contribution in [1.29, 1.82) is 0 Å².